The monoisotopic (exact) mass is 282 g/mol. The van der Waals surface area contributed by atoms with Gasteiger partial charge in [-0.05, 0) is 24.6 Å². The van der Waals surface area contributed by atoms with Gasteiger partial charge < -0.3 is 5.32 Å². The van der Waals surface area contributed by atoms with E-state index in [1.807, 2.05) is 13.8 Å². The van der Waals surface area contributed by atoms with Crippen LogP contribution in [0.3, 0.4) is 0 Å². The predicted molar refractivity (Wildman–Crippen MR) is 74.2 cm³/mol. The van der Waals surface area contributed by atoms with Crippen LogP contribution in [0.15, 0.2) is 17.5 Å². The van der Waals surface area contributed by atoms with Crippen molar-refractivity contribution >= 4 is 11.3 Å². The summed E-state index contributed by atoms with van der Waals surface area (Å²) < 4.78 is 27.3. The first-order valence-electron chi connectivity index (χ1n) is 6.11. The Morgan fingerprint density at radius 3 is 2.68 bits per heavy atom. The first kappa shape index (κ1) is 14.1. The molecule has 1 aromatic heterocycles. The molecule has 5 heteroatoms. The van der Waals surface area contributed by atoms with E-state index in [1.54, 1.807) is 12.3 Å². The van der Waals surface area contributed by atoms with E-state index < -0.39 is 11.6 Å². The second-order valence-corrected chi connectivity index (χ2v) is 5.69. The van der Waals surface area contributed by atoms with Crippen molar-refractivity contribution in [2.24, 2.45) is 0 Å². The number of aromatic nitrogens is 1. The Morgan fingerprint density at radius 2 is 2.00 bits per heavy atom. The quantitative estimate of drug-likeness (QED) is 0.920. The molecule has 2 nitrogen and oxygen atoms in total. The van der Waals surface area contributed by atoms with E-state index in [2.05, 4.69) is 10.3 Å². The van der Waals surface area contributed by atoms with Gasteiger partial charge >= 0.3 is 0 Å². The zero-order chi connectivity index (χ0) is 14.0. The molecular formula is C14H16F2N2S. The normalized spacial score (nSPS) is 11.3. The van der Waals surface area contributed by atoms with Gasteiger partial charge in [0.15, 0.2) is 0 Å². The molecular weight excluding hydrogens is 266 g/mol. The molecule has 0 bridgehead atoms. The minimum Gasteiger partial charge on any atom is -0.308 e. The molecule has 1 heterocycles. The van der Waals surface area contributed by atoms with Crippen LogP contribution < -0.4 is 5.32 Å². The Balaban J connectivity index is 2.25. The molecule has 0 aliphatic carbocycles. The van der Waals surface area contributed by atoms with Gasteiger partial charge in [-0.2, -0.15) is 0 Å². The summed E-state index contributed by atoms with van der Waals surface area (Å²) in [5.74, 6) is -0.848. The molecule has 0 amide bonds. The van der Waals surface area contributed by atoms with E-state index in [4.69, 9.17) is 0 Å². The zero-order valence-corrected chi connectivity index (χ0v) is 11.9. The third-order valence-corrected chi connectivity index (χ3v) is 3.59. The molecule has 0 fully saturated rings. The van der Waals surface area contributed by atoms with Crippen molar-refractivity contribution in [2.75, 3.05) is 0 Å². The molecule has 19 heavy (non-hydrogen) atoms. The molecule has 0 atom stereocenters. The standard InChI is InChI=1S/C14H16F2N2S/c1-8(2)17-6-14-18-13(7-19-14)10-5-11(15)9(3)4-12(10)16/h4-5,7-8,17H,6H2,1-3H3. The van der Waals surface area contributed by atoms with Gasteiger partial charge in [-0.1, -0.05) is 13.8 Å². The van der Waals surface area contributed by atoms with E-state index in [0.717, 1.165) is 5.01 Å². The summed E-state index contributed by atoms with van der Waals surface area (Å²) in [4.78, 5) is 4.33. The van der Waals surface area contributed by atoms with Crippen LogP contribution in [0.25, 0.3) is 11.3 Å². The van der Waals surface area contributed by atoms with Crippen molar-refractivity contribution < 1.29 is 8.78 Å². The second-order valence-electron chi connectivity index (χ2n) is 4.74. The molecule has 2 aromatic rings. The van der Waals surface area contributed by atoms with Crippen LogP contribution in [-0.4, -0.2) is 11.0 Å². The molecule has 1 N–H and O–H groups in total. The van der Waals surface area contributed by atoms with Crippen LogP contribution in [0.1, 0.15) is 24.4 Å². The zero-order valence-electron chi connectivity index (χ0n) is 11.1. The van der Waals surface area contributed by atoms with Crippen molar-refractivity contribution in [3.8, 4) is 11.3 Å². The maximum Gasteiger partial charge on any atom is 0.133 e. The van der Waals surface area contributed by atoms with Crippen molar-refractivity contribution in [3.63, 3.8) is 0 Å². The highest BCUT2D eigenvalue weighted by atomic mass is 32.1. The van der Waals surface area contributed by atoms with E-state index in [1.165, 1.54) is 23.5 Å². The van der Waals surface area contributed by atoms with Crippen molar-refractivity contribution in [1.82, 2.24) is 10.3 Å². The Morgan fingerprint density at radius 1 is 1.26 bits per heavy atom. The first-order valence-corrected chi connectivity index (χ1v) is 6.99. The molecule has 0 aliphatic rings. The minimum atomic E-state index is -0.437. The molecule has 0 saturated carbocycles. The topological polar surface area (TPSA) is 24.9 Å². The lowest BCUT2D eigenvalue weighted by molar-refractivity contribution is 0.586. The Bertz CT molecular complexity index is 579. The number of benzene rings is 1. The Labute approximate surface area is 115 Å². The maximum absolute atomic E-state index is 13.8. The van der Waals surface area contributed by atoms with Crippen LogP contribution in [0.4, 0.5) is 8.78 Å². The molecule has 0 spiro atoms. The van der Waals surface area contributed by atoms with E-state index in [9.17, 15) is 8.78 Å². The minimum absolute atomic E-state index is 0.218. The first-order chi connectivity index (χ1) is 8.97. The van der Waals surface area contributed by atoms with Crippen LogP contribution in [0.5, 0.6) is 0 Å². The SMILES string of the molecule is Cc1cc(F)c(-c2csc(CNC(C)C)n2)cc1F. The summed E-state index contributed by atoms with van der Waals surface area (Å²) in [6, 6.07) is 2.77. The molecule has 1 aromatic carbocycles. The summed E-state index contributed by atoms with van der Waals surface area (Å²) >= 11 is 1.44. The second kappa shape index (κ2) is 5.75. The highest BCUT2D eigenvalue weighted by Gasteiger charge is 2.12. The number of nitrogens with zero attached hydrogens (tertiary/aromatic N) is 1. The summed E-state index contributed by atoms with van der Waals surface area (Å²) in [5.41, 5.74) is 1.01. The maximum atomic E-state index is 13.8. The Kier molecular flexibility index (Phi) is 4.27. The number of nitrogens with one attached hydrogen (secondary N) is 1. The van der Waals surface area contributed by atoms with Crippen LogP contribution in [0, 0.1) is 18.6 Å². The average molecular weight is 282 g/mol. The Hall–Kier alpha value is -1.33. The van der Waals surface area contributed by atoms with E-state index in [0.29, 0.717) is 23.8 Å². The summed E-state index contributed by atoms with van der Waals surface area (Å²) in [6.07, 6.45) is 0. The fraction of sp³-hybridized carbons (Fsp3) is 0.357. The average Bonchev–Trinajstić information content (AvgIpc) is 2.80. The van der Waals surface area contributed by atoms with Crippen molar-refractivity contribution in [2.45, 2.75) is 33.4 Å². The van der Waals surface area contributed by atoms with Gasteiger partial charge in [0.1, 0.15) is 16.6 Å². The summed E-state index contributed by atoms with van der Waals surface area (Å²) in [5, 5.41) is 5.86. The molecule has 102 valence electrons. The number of hydrogen-bond donors (Lipinski definition) is 1. The number of thiazole rings is 1. The number of halogens is 2. The third kappa shape index (κ3) is 3.36. The highest BCUT2D eigenvalue weighted by Crippen LogP contribution is 2.26. The van der Waals surface area contributed by atoms with E-state index >= 15 is 0 Å². The molecule has 0 radical (unpaired) electrons. The molecule has 0 saturated heterocycles. The number of aryl methyl sites for hydroxylation is 1. The predicted octanol–water partition coefficient (Wildman–Crippen LogP) is 3.89. The van der Waals surface area contributed by atoms with E-state index in [-0.39, 0.29) is 5.56 Å². The van der Waals surface area contributed by atoms with Gasteiger partial charge in [0.2, 0.25) is 0 Å². The van der Waals surface area contributed by atoms with Gasteiger partial charge in [0.25, 0.3) is 0 Å². The highest BCUT2D eigenvalue weighted by molar-refractivity contribution is 7.09. The van der Waals surface area contributed by atoms with Gasteiger partial charge in [0.05, 0.1) is 5.69 Å². The van der Waals surface area contributed by atoms with Crippen LogP contribution >= 0.6 is 11.3 Å². The van der Waals surface area contributed by atoms with Crippen LogP contribution in [-0.2, 0) is 6.54 Å². The number of hydrogen-bond acceptors (Lipinski definition) is 3. The van der Waals surface area contributed by atoms with Gasteiger partial charge in [-0.25, -0.2) is 13.8 Å². The largest absolute Gasteiger partial charge is 0.308 e. The lowest BCUT2D eigenvalue weighted by atomic mass is 10.1. The van der Waals surface area contributed by atoms with Gasteiger partial charge in [-0.15, -0.1) is 11.3 Å². The summed E-state index contributed by atoms with van der Waals surface area (Å²) in [6.45, 7) is 6.27. The summed E-state index contributed by atoms with van der Waals surface area (Å²) in [7, 11) is 0. The third-order valence-electron chi connectivity index (χ3n) is 2.74. The molecule has 0 aliphatic heterocycles. The van der Waals surface area contributed by atoms with Gasteiger partial charge in [0, 0.05) is 23.5 Å². The lowest BCUT2D eigenvalue weighted by Gasteiger charge is -2.05. The fourth-order valence-electron chi connectivity index (χ4n) is 1.65. The molecule has 0 unspecified atom stereocenters. The smallest absolute Gasteiger partial charge is 0.133 e. The lowest BCUT2D eigenvalue weighted by Crippen LogP contribution is -2.21. The van der Waals surface area contributed by atoms with Crippen molar-refractivity contribution in [1.29, 1.82) is 0 Å². The fourth-order valence-corrected chi connectivity index (χ4v) is 2.39. The van der Waals surface area contributed by atoms with Gasteiger partial charge in [-0.3, -0.25) is 0 Å². The van der Waals surface area contributed by atoms with Crippen LogP contribution in [0.2, 0.25) is 0 Å². The van der Waals surface area contributed by atoms with Crippen molar-refractivity contribution in [3.05, 3.63) is 39.7 Å². The molecule has 2 rings (SSSR count). The number of rotatable bonds is 4.